The fraction of sp³-hybridized carbons (Fsp3) is 0.314. The van der Waals surface area contributed by atoms with Gasteiger partial charge in [0.2, 0.25) is 11.7 Å². The number of benzene rings is 3. The van der Waals surface area contributed by atoms with Gasteiger partial charge in [0.15, 0.2) is 17.6 Å². The zero-order valence-corrected chi connectivity index (χ0v) is 27.1. The van der Waals surface area contributed by atoms with Crippen LogP contribution in [0.4, 0.5) is 0 Å². The predicted molar refractivity (Wildman–Crippen MR) is 172 cm³/mol. The van der Waals surface area contributed by atoms with E-state index in [0.717, 1.165) is 10.0 Å². The van der Waals surface area contributed by atoms with Crippen LogP contribution in [0, 0.1) is 5.92 Å². The van der Waals surface area contributed by atoms with Gasteiger partial charge in [0.05, 0.1) is 33.1 Å². The number of rotatable bonds is 12. The quantitative estimate of drug-likeness (QED) is 0.300. The summed E-state index contributed by atoms with van der Waals surface area (Å²) < 4.78 is 16.6. The topological polar surface area (TPSA) is 146 Å². The minimum Gasteiger partial charge on any atom is -0.493 e. The van der Waals surface area contributed by atoms with Gasteiger partial charge in [0, 0.05) is 24.3 Å². The van der Waals surface area contributed by atoms with Gasteiger partial charge in [-0.15, -0.1) is 0 Å². The first-order valence-electron chi connectivity index (χ1n) is 14.9. The maximum atomic E-state index is 14.8. The fourth-order valence-electron chi connectivity index (χ4n) is 5.67. The Kier molecular flexibility index (Phi) is 10.9. The van der Waals surface area contributed by atoms with Gasteiger partial charge < -0.3 is 24.4 Å². The van der Waals surface area contributed by atoms with Gasteiger partial charge in [0.1, 0.15) is 6.04 Å². The summed E-state index contributed by atoms with van der Waals surface area (Å²) >= 11 is 0. The minimum atomic E-state index is -2.09. The number of hydrogen-bond donors (Lipinski definition) is 2. The van der Waals surface area contributed by atoms with Crippen molar-refractivity contribution in [3.63, 3.8) is 0 Å². The first kappa shape index (κ1) is 34.5. The Bertz CT molecular complexity index is 1620. The number of hydrazine groups is 1. The second-order valence-corrected chi connectivity index (χ2v) is 11.2. The van der Waals surface area contributed by atoms with Crippen LogP contribution in [0.3, 0.4) is 0 Å². The standard InChI is InChI=1S/C35H39N3O9/c1-21(2)30-34(42)38(37(22(3)39)26(31(40)35(43)44)17-23-13-9-7-10-14-23)27(20-36(30)33(41)24-15-11-8-12-16-24)25-18-28(45-4)32(47-6)29(19-25)46-5/h7-16,18-21,26,30-31,40H,17H2,1-6H3,(H,43,44)/t26-,30?,31?/m0/s1. The molecule has 3 aromatic carbocycles. The third kappa shape index (κ3) is 7.07. The van der Waals surface area contributed by atoms with E-state index in [9.17, 15) is 29.4 Å². The maximum Gasteiger partial charge on any atom is 0.334 e. The molecule has 1 aliphatic rings. The Labute approximate surface area is 273 Å². The Morgan fingerprint density at radius 2 is 1.45 bits per heavy atom. The van der Waals surface area contributed by atoms with Gasteiger partial charge in [-0.1, -0.05) is 62.4 Å². The number of ether oxygens (including phenoxy) is 3. The zero-order chi connectivity index (χ0) is 34.4. The molecule has 12 heteroatoms. The van der Waals surface area contributed by atoms with E-state index in [0.29, 0.717) is 11.1 Å². The van der Waals surface area contributed by atoms with Crippen LogP contribution in [-0.4, -0.2) is 88.3 Å². The number of aliphatic carboxylic acids is 1. The number of hydrogen-bond acceptors (Lipinski definition) is 8. The molecule has 248 valence electrons. The van der Waals surface area contributed by atoms with Crippen molar-refractivity contribution in [2.24, 2.45) is 5.92 Å². The molecule has 4 rings (SSSR count). The van der Waals surface area contributed by atoms with Crippen LogP contribution < -0.4 is 14.2 Å². The highest BCUT2D eigenvalue weighted by atomic mass is 16.5. The number of nitrogens with zero attached hydrogens (tertiary/aromatic N) is 3. The van der Waals surface area contributed by atoms with E-state index in [2.05, 4.69) is 0 Å². The highest BCUT2D eigenvalue weighted by Gasteiger charge is 2.47. The lowest BCUT2D eigenvalue weighted by atomic mass is 9.95. The fourth-order valence-corrected chi connectivity index (χ4v) is 5.67. The number of carboxylic acid groups (broad SMARTS) is 1. The molecule has 3 atom stereocenters. The summed E-state index contributed by atoms with van der Waals surface area (Å²) in [5.41, 5.74) is 1.25. The number of carbonyl (C=O) groups is 4. The SMILES string of the molecule is COc1cc(C2=CN(C(=O)c3ccccc3)C(C(C)C)C(=O)N2N(C(C)=O)[C@@H](Cc2ccccc2)C(O)C(=O)O)cc(OC)c1OC. The molecule has 2 unspecified atom stereocenters. The molecule has 1 aliphatic heterocycles. The van der Waals surface area contributed by atoms with Crippen LogP contribution in [0.2, 0.25) is 0 Å². The molecular weight excluding hydrogens is 606 g/mol. The molecule has 0 aliphatic carbocycles. The minimum absolute atomic E-state index is 0.0290. The van der Waals surface area contributed by atoms with Crippen LogP contribution in [-0.2, 0) is 20.8 Å². The van der Waals surface area contributed by atoms with Crippen LogP contribution in [0.1, 0.15) is 42.3 Å². The first-order valence-corrected chi connectivity index (χ1v) is 14.9. The Balaban J connectivity index is 2.04. The summed E-state index contributed by atoms with van der Waals surface area (Å²) in [5.74, 6) is -3.21. The third-order valence-corrected chi connectivity index (χ3v) is 7.86. The van der Waals surface area contributed by atoms with Crippen LogP contribution in [0.5, 0.6) is 17.2 Å². The van der Waals surface area contributed by atoms with E-state index in [1.165, 1.54) is 39.4 Å². The number of methoxy groups -OCH3 is 3. The van der Waals surface area contributed by atoms with E-state index in [1.807, 2.05) is 0 Å². The number of amides is 3. The zero-order valence-electron chi connectivity index (χ0n) is 27.1. The second kappa shape index (κ2) is 14.8. The normalized spacial score (nSPS) is 15.9. The molecule has 2 N–H and O–H groups in total. The van der Waals surface area contributed by atoms with E-state index >= 15 is 0 Å². The van der Waals surface area contributed by atoms with E-state index in [1.54, 1.807) is 86.6 Å². The van der Waals surface area contributed by atoms with Gasteiger partial charge >= 0.3 is 5.97 Å². The molecule has 47 heavy (non-hydrogen) atoms. The summed E-state index contributed by atoms with van der Waals surface area (Å²) in [6.45, 7) is 4.70. The molecule has 0 radical (unpaired) electrons. The van der Waals surface area contributed by atoms with Crippen LogP contribution >= 0.6 is 0 Å². The van der Waals surface area contributed by atoms with E-state index < -0.39 is 47.8 Å². The smallest absolute Gasteiger partial charge is 0.334 e. The van der Waals surface area contributed by atoms with Crippen LogP contribution in [0.15, 0.2) is 79.0 Å². The third-order valence-electron chi connectivity index (χ3n) is 7.86. The van der Waals surface area contributed by atoms with Gasteiger partial charge in [-0.3, -0.25) is 19.3 Å². The molecule has 0 aromatic heterocycles. The van der Waals surface area contributed by atoms with Crippen molar-refractivity contribution in [2.45, 2.75) is 45.4 Å². The maximum absolute atomic E-state index is 14.8. The molecule has 0 saturated heterocycles. The lowest BCUT2D eigenvalue weighted by Gasteiger charge is -2.47. The largest absolute Gasteiger partial charge is 0.493 e. The summed E-state index contributed by atoms with van der Waals surface area (Å²) in [5, 5.41) is 23.1. The second-order valence-electron chi connectivity index (χ2n) is 11.2. The van der Waals surface area contributed by atoms with E-state index in [-0.39, 0.29) is 34.9 Å². The van der Waals surface area contributed by atoms with Gasteiger partial charge in [-0.2, -0.15) is 0 Å². The van der Waals surface area contributed by atoms with Gasteiger partial charge in [-0.05, 0) is 42.2 Å². The van der Waals surface area contributed by atoms with Crippen molar-refractivity contribution in [3.05, 3.63) is 95.7 Å². The molecule has 0 bridgehead atoms. The van der Waals surface area contributed by atoms with Gasteiger partial charge in [-0.25, -0.2) is 14.8 Å². The van der Waals surface area contributed by atoms with Crippen LogP contribution in [0.25, 0.3) is 5.70 Å². The highest BCUT2D eigenvalue weighted by Crippen LogP contribution is 2.42. The van der Waals surface area contributed by atoms with Crippen molar-refractivity contribution in [1.29, 1.82) is 0 Å². The van der Waals surface area contributed by atoms with E-state index in [4.69, 9.17) is 14.2 Å². The summed E-state index contributed by atoms with van der Waals surface area (Å²) in [6.07, 6.45) is -0.751. The molecule has 0 saturated carbocycles. The Morgan fingerprint density at radius 1 is 0.894 bits per heavy atom. The number of aliphatic hydroxyl groups excluding tert-OH is 1. The lowest BCUT2D eigenvalue weighted by molar-refractivity contribution is -0.173. The average Bonchev–Trinajstić information content (AvgIpc) is 3.07. The Morgan fingerprint density at radius 3 is 1.91 bits per heavy atom. The molecule has 0 spiro atoms. The van der Waals surface area contributed by atoms with Crippen molar-refractivity contribution in [3.8, 4) is 17.2 Å². The molecule has 3 aromatic rings. The molecule has 3 amide bonds. The summed E-state index contributed by atoms with van der Waals surface area (Å²) in [6, 6.07) is 17.7. The predicted octanol–water partition coefficient (Wildman–Crippen LogP) is 3.84. The van der Waals surface area contributed by atoms with Crippen molar-refractivity contribution in [1.82, 2.24) is 14.9 Å². The summed E-state index contributed by atoms with van der Waals surface area (Å²) in [7, 11) is 4.27. The highest BCUT2D eigenvalue weighted by molar-refractivity contribution is 6.03. The van der Waals surface area contributed by atoms with Crippen molar-refractivity contribution >= 4 is 29.4 Å². The monoisotopic (exact) mass is 645 g/mol. The number of carbonyl (C=O) groups excluding carboxylic acids is 3. The molecular formula is C35H39N3O9. The summed E-state index contributed by atoms with van der Waals surface area (Å²) in [4.78, 5) is 56.0. The van der Waals surface area contributed by atoms with Gasteiger partial charge in [0.25, 0.3) is 11.8 Å². The Hall–Kier alpha value is -5.36. The number of aliphatic hydroxyl groups is 1. The first-order chi connectivity index (χ1) is 22.4. The average molecular weight is 646 g/mol. The molecule has 12 nitrogen and oxygen atoms in total. The molecule has 0 fully saturated rings. The van der Waals surface area contributed by atoms with Crippen molar-refractivity contribution < 1.29 is 43.6 Å². The molecule has 1 heterocycles. The number of carboxylic acids is 1. The van der Waals surface area contributed by atoms with Crippen molar-refractivity contribution in [2.75, 3.05) is 21.3 Å². The lowest BCUT2D eigenvalue weighted by Crippen LogP contribution is -2.64.